The highest BCUT2D eigenvalue weighted by molar-refractivity contribution is 6.33. The molecular formula is C20H22ClF3N2O2. The van der Waals surface area contributed by atoms with Crippen molar-refractivity contribution in [2.45, 2.75) is 12.3 Å². The molecule has 4 nitrogen and oxygen atoms in total. The number of nitrogens with zero attached hydrogens (tertiary/aromatic N) is 2. The fraction of sp³-hybridized carbons (Fsp3) is 0.400. The third-order valence-electron chi connectivity index (χ3n) is 4.66. The number of aliphatic hydroxyl groups is 1. The van der Waals surface area contributed by atoms with Gasteiger partial charge in [0.2, 0.25) is 0 Å². The number of halogens is 4. The number of anilines is 1. The van der Waals surface area contributed by atoms with Crippen molar-refractivity contribution in [3.05, 3.63) is 59.1 Å². The Morgan fingerprint density at radius 3 is 2.25 bits per heavy atom. The van der Waals surface area contributed by atoms with E-state index in [4.69, 9.17) is 16.3 Å². The number of para-hydroxylation sites is 1. The van der Waals surface area contributed by atoms with Crippen molar-refractivity contribution < 1.29 is 23.0 Å². The van der Waals surface area contributed by atoms with Gasteiger partial charge in [0, 0.05) is 32.7 Å². The molecule has 0 aromatic heterocycles. The van der Waals surface area contributed by atoms with Gasteiger partial charge in [-0.25, -0.2) is 0 Å². The Kier molecular flexibility index (Phi) is 6.69. The second-order valence-electron chi connectivity index (χ2n) is 6.73. The first-order valence-corrected chi connectivity index (χ1v) is 9.40. The molecule has 1 heterocycles. The van der Waals surface area contributed by atoms with E-state index in [0.29, 0.717) is 12.3 Å². The lowest BCUT2D eigenvalue weighted by Crippen LogP contribution is -2.49. The third kappa shape index (κ3) is 5.53. The second kappa shape index (κ2) is 9.03. The molecule has 3 rings (SSSR count). The number of benzene rings is 2. The van der Waals surface area contributed by atoms with E-state index in [1.54, 1.807) is 0 Å². The normalized spacial score (nSPS) is 16.8. The molecule has 0 aliphatic carbocycles. The van der Waals surface area contributed by atoms with E-state index in [-0.39, 0.29) is 6.61 Å². The quantitative estimate of drug-likeness (QED) is 0.777. The number of hydrogen-bond donors (Lipinski definition) is 1. The van der Waals surface area contributed by atoms with E-state index in [2.05, 4.69) is 9.80 Å². The SMILES string of the molecule is O[C@@H](COc1ccc(C(F)(F)F)cc1)CN1CCN(c2ccccc2Cl)CC1. The average Bonchev–Trinajstić information content (AvgIpc) is 2.67. The smallest absolute Gasteiger partial charge is 0.416 e. The molecule has 0 radical (unpaired) electrons. The molecule has 1 fully saturated rings. The number of alkyl halides is 3. The minimum absolute atomic E-state index is 0.0239. The standard InChI is InChI=1S/C20H22ClF3N2O2/c21-18-3-1-2-4-19(18)26-11-9-25(10-12-26)13-16(27)14-28-17-7-5-15(6-8-17)20(22,23)24/h1-8,16,27H,9-14H2/t16-/m1/s1. The zero-order valence-electron chi connectivity index (χ0n) is 15.2. The van der Waals surface area contributed by atoms with Gasteiger partial charge in [-0.05, 0) is 36.4 Å². The van der Waals surface area contributed by atoms with Gasteiger partial charge in [-0.15, -0.1) is 0 Å². The number of aliphatic hydroxyl groups excluding tert-OH is 1. The minimum Gasteiger partial charge on any atom is -0.491 e. The van der Waals surface area contributed by atoms with Crippen LogP contribution >= 0.6 is 11.6 Å². The Hall–Kier alpha value is -1.96. The maximum absolute atomic E-state index is 12.6. The average molecular weight is 415 g/mol. The van der Waals surface area contributed by atoms with E-state index in [9.17, 15) is 18.3 Å². The summed E-state index contributed by atoms with van der Waals surface area (Å²) in [6.45, 7) is 3.63. The zero-order chi connectivity index (χ0) is 20.1. The molecule has 152 valence electrons. The summed E-state index contributed by atoms with van der Waals surface area (Å²) in [4.78, 5) is 4.35. The van der Waals surface area contributed by atoms with Gasteiger partial charge in [0.25, 0.3) is 0 Å². The Labute approximate surface area is 167 Å². The summed E-state index contributed by atoms with van der Waals surface area (Å²) in [5, 5.41) is 10.9. The van der Waals surface area contributed by atoms with Crippen molar-refractivity contribution >= 4 is 17.3 Å². The second-order valence-corrected chi connectivity index (χ2v) is 7.13. The van der Waals surface area contributed by atoms with Crippen LogP contribution in [0.15, 0.2) is 48.5 Å². The summed E-state index contributed by atoms with van der Waals surface area (Å²) in [5.74, 6) is 0.301. The maximum atomic E-state index is 12.6. The highest BCUT2D eigenvalue weighted by Crippen LogP contribution is 2.30. The van der Waals surface area contributed by atoms with Crippen molar-refractivity contribution in [3.8, 4) is 5.75 Å². The van der Waals surface area contributed by atoms with Crippen LogP contribution in [-0.2, 0) is 6.18 Å². The number of piperazine rings is 1. The molecule has 0 bridgehead atoms. The Morgan fingerprint density at radius 1 is 1.00 bits per heavy atom. The molecule has 0 spiro atoms. The summed E-state index contributed by atoms with van der Waals surface area (Å²) >= 11 is 6.24. The molecular weight excluding hydrogens is 393 g/mol. The van der Waals surface area contributed by atoms with Crippen LogP contribution in [0.1, 0.15) is 5.56 Å². The highest BCUT2D eigenvalue weighted by atomic mass is 35.5. The molecule has 1 atom stereocenters. The van der Waals surface area contributed by atoms with Crippen molar-refractivity contribution in [1.29, 1.82) is 0 Å². The van der Waals surface area contributed by atoms with Crippen LogP contribution in [0, 0.1) is 0 Å². The highest BCUT2D eigenvalue weighted by Gasteiger charge is 2.30. The van der Waals surface area contributed by atoms with Crippen molar-refractivity contribution in [2.75, 3.05) is 44.2 Å². The van der Waals surface area contributed by atoms with E-state index in [0.717, 1.165) is 49.0 Å². The van der Waals surface area contributed by atoms with Crippen LogP contribution in [0.3, 0.4) is 0 Å². The third-order valence-corrected chi connectivity index (χ3v) is 4.98. The van der Waals surface area contributed by atoms with Crippen molar-refractivity contribution in [3.63, 3.8) is 0 Å². The molecule has 2 aromatic carbocycles. The zero-order valence-corrected chi connectivity index (χ0v) is 16.0. The van der Waals surface area contributed by atoms with Gasteiger partial charge in [-0.2, -0.15) is 13.2 Å². The molecule has 1 aliphatic rings. The lowest BCUT2D eigenvalue weighted by molar-refractivity contribution is -0.137. The van der Waals surface area contributed by atoms with Gasteiger partial charge in [0.1, 0.15) is 18.5 Å². The summed E-state index contributed by atoms with van der Waals surface area (Å²) < 4.78 is 43.1. The molecule has 8 heteroatoms. The van der Waals surface area contributed by atoms with Crippen LogP contribution in [0.2, 0.25) is 5.02 Å². The maximum Gasteiger partial charge on any atom is 0.416 e. The fourth-order valence-corrected chi connectivity index (χ4v) is 3.42. The lowest BCUT2D eigenvalue weighted by Gasteiger charge is -2.37. The molecule has 2 aromatic rings. The minimum atomic E-state index is -4.37. The molecule has 1 N–H and O–H groups in total. The monoisotopic (exact) mass is 414 g/mol. The Bertz CT molecular complexity index is 763. The summed E-state index contributed by atoms with van der Waals surface area (Å²) in [6.07, 6.45) is -5.10. The summed E-state index contributed by atoms with van der Waals surface area (Å²) in [7, 11) is 0. The number of ether oxygens (including phenoxy) is 1. The van der Waals surface area contributed by atoms with Gasteiger partial charge >= 0.3 is 6.18 Å². The van der Waals surface area contributed by atoms with Crippen molar-refractivity contribution in [1.82, 2.24) is 4.90 Å². The van der Waals surface area contributed by atoms with Gasteiger partial charge < -0.3 is 14.7 Å². The molecule has 28 heavy (non-hydrogen) atoms. The summed E-state index contributed by atoms with van der Waals surface area (Å²) in [5.41, 5.74) is 0.284. The van der Waals surface area contributed by atoms with Crippen LogP contribution < -0.4 is 9.64 Å². The largest absolute Gasteiger partial charge is 0.491 e. The number of hydrogen-bond acceptors (Lipinski definition) is 4. The first-order chi connectivity index (χ1) is 13.3. The lowest BCUT2D eigenvalue weighted by atomic mass is 10.2. The van der Waals surface area contributed by atoms with Gasteiger partial charge in [-0.3, -0.25) is 4.90 Å². The van der Waals surface area contributed by atoms with Gasteiger partial charge in [0.05, 0.1) is 16.3 Å². The number of rotatable bonds is 6. The predicted molar refractivity (Wildman–Crippen MR) is 103 cm³/mol. The number of β-amino-alcohol motifs (C(OH)–C–C–N with tert-alkyl or cyclic N) is 1. The van der Waals surface area contributed by atoms with Gasteiger partial charge in [-0.1, -0.05) is 23.7 Å². The van der Waals surface area contributed by atoms with Crippen LogP contribution in [0.5, 0.6) is 5.75 Å². The Morgan fingerprint density at radius 2 is 1.64 bits per heavy atom. The molecule has 0 unspecified atom stereocenters. The van der Waals surface area contributed by atoms with Crippen LogP contribution in [0.4, 0.5) is 18.9 Å². The van der Waals surface area contributed by atoms with Crippen molar-refractivity contribution in [2.24, 2.45) is 0 Å². The van der Waals surface area contributed by atoms with E-state index in [1.165, 1.54) is 12.1 Å². The van der Waals surface area contributed by atoms with Gasteiger partial charge in [0.15, 0.2) is 0 Å². The fourth-order valence-electron chi connectivity index (χ4n) is 3.16. The molecule has 1 saturated heterocycles. The Balaban J connectivity index is 1.42. The van der Waals surface area contributed by atoms with E-state index >= 15 is 0 Å². The molecule has 0 amide bonds. The first-order valence-electron chi connectivity index (χ1n) is 9.03. The molecule has 1 aliphatic heterocycles. The van der Waals surface area contributed by atoms with E-state index < -0.39 is 17.8 Å². The first kappa shape index (κ1) is 20.8. The van der Waals surface area contributed by atoms with E-state index in [1.807, 2.05) is 24.3 Å². The van der Waals surface area contributed by atoms with Crippen LogP contribution in [0.25, 0.3) is 0 Å². The predicted octanol–water partition coefficient (Wildman–Crippen LogP) is 3.92. The molecule has 0 saturated carbocycles. The van der Waals surface area contributed by atoms with Crippen LogP contribution in [-0.4, -0.2) is 55.4 Å². The topological polar surface area (TPSA) is 35.9 Å². The summed E-state index contributed by atoms with van der Waals surface area (Å²) in [6, 6.07) is 12.2.